The van der Waals surface area contributed by atoms with Crippen LogP contribution in [-0.4, -0.2) is 43.9 Å². The molecule has 0 N–H and O–H groups in total. The third-order valence-electron chi connectivity index (χ3n) is 4.84. The molecule has 0 atom stereocenters. The minimum Gasteiger partial charge on any atom is -0.338 e. The first-order chi connectivity index (χ1) is 12.8. The largest absolute Gasteiger partial charge is 0.338 e. The van der Waals surface area contributed by atoms with E-state index in [0.717, 1.165) is 38.0 Å². The minimum atomic E-state index is 0.0780. The van der Waals surface area contributed by atoms with E-state index < -0.39 is 0 Å². The zero-order valence-electron chi connectivity index (χ0n) is 14.5. The molecular weight excluding hydrogens is 326 g/mol. The number of carbonyl (C=O) groups is 1. The number of amides is 1. The summed E-state index contributed by atoms with van der Waals surface area (Å²) >= 11 is 0. The second kappa shape index (κ2) is 7.47. The van der Waals surface area contributed by atoms with Gasteiger partial charge >= 0.3 is 0 Å². The maximum absolute atomic E-state index is 12.5. The molecule has 0 aliphatic carbocycles. The van der Waals surface area contributed by atoms with Crippen molar-refractivity contribution in [3.05, 3.63) is 77.9 Å². The van der Waals surface area contributed by atoms with Crippen molar-refractivity contribution in [2.45, 2.75) is 25.3 Å². The lowest BCUT2D eigenvalue weighted by Crippen LogP contribution is -2.39. The van der Waals surface area contributed by atoms with Gasteiger partial charge in [-0.15, -0.1) is 5.10 Å². The third-order valence-corrected chi connectivity index (χ3v) is 4.84. The van der Waals surface area contributed by atoms with Gasteiger partial charge in [0.25, 0.3) is 5.91 Å². The van der Waals surface area contributed by atoms with Crippen molar-refractivity contribution >= 4 is 5.91 Å². The van der Waals surface area contributed by atoms with Crippen molar-refractivity contribution in [3.8, 4) is 0 Å². The lowest BCUT2D eigenvalue weighted by molar-refractivity contribution is 0.0689. The van der Waals surface area contributed by atoms with Gasteiger partial charge < -0.3 is 4.90 Å². The highest BCUT2D eigenvalue weighted by atomic mass is 16.2. The summed E-state index contributed by atoms with van der Waals surface area (Å²) in [5, 5.41) is 8.63. The normalized spacial score (nSPS) is 15.2. The Bertz CT molecular complexity index is 854. The first-order valence-electron chi connectivity index (χ1n) is 8.93. The van der Waals surface area contributed by atoms with Gasteiger partial charge in [0.1, 0.15) is 0 Å². The lowest BCUT2D eigenvalue weighted by Gasteiger charge is -2.31. The Balaban J connectivity index is 1.36. The molecule has 2 aromatic heterocycles. The van der Waals surface area contributed by atoms with Crippen LogP contribution in [-0.2, 0) is 6.42 Å². The summed E-state index contributed by atoms with van der Waals surface area (Å²) in [6.45, 7) is 1.47. The highest BCUT2D eigenvalue weighted by Crippen LogP contribution is 2.23. The maximum Gasteiger partial charge on any atom is 0.253 e. The van der Waals surface area contributed by atoms with Crippen LogP contribution in [0.2, 0.25) is 0 Å². The number of hydrogen-bond acceptors (Lipinski definition) is 4. The molecule has 1 aliphatic rings. The summed E-state index contributed by atoms with van der Waals surface area (Å²) in [6, 6.07) is 14.1. The SMILES string of the molecule is O=C(c1ccncc1)N1CCC(n2cc(Cc3ccccc3)nn2)CC1. The molecule has 0 spiro atoms. The fourth-order valence-corrected chi connectivity index (χ4v) is 3.39. The molecule has 1 saturated heterocycles. The van der Waals surface area contributed by atoms with E-state index in [4.69, 9.17) is 0 Å². The van der Waals surface area contributed by atoms with Gasteiger partial charge in [0.05, 0.1) is 11.7 Å². The topological polar surface area (TPSA) is 63.9 Å². The summed E-state index contributed by atoms with van der Waals surface area (Å²) < 4.78 is 1.96. The minimum absolute atomic E-state index is 0.0780. The van der Waals surface area contributed by atoms with Gasteiger partial charge in [-0.1, -0.05) is 35.5 Å². The molecule has 1 aromatic carbocycles. The summed E-state index contributed by atoms with van der Waals surface area (Å²) in [5.74, 6) is 0.0780. The second-order valence-corrected chi connectivity index (χ2v) is 6.61. The number of benzene rings is 1. The van der Waals surface area contributed by atoms with E-state index in [-0.39, 0.29) is 5.91 Å². The first-order valence-corrected chi connectivity index (χ1v) is 8.93. The van der Waals surface area contributed by atoms with Crippen molar-refractivity contribution in [1.82, 2.24) is 24.9 Å². The summed E-state index contributed by atoms with van der Waals surface area (Å²) in [4.78, 5) is 18.4. The molecule has 0 unspecified atom stereocenters. The van der Waals surface area contributed by atoms with Crippen LogP contribution in [0.25, 0.3) is 0 Å². The average Bonchev–Trinajstić information content (AvgIpc) is 3.17. The van der Waals surface area contributed by atoms with E-state index >= 15 is 0 Å². The van der Waals surface area contributed by atoms with Gasteiger partial charge in [-0.25, -0.2) is 4.68 Å². The number of rotatable bonds is 4. The van der Waals surface area contributed by atoms with Gasteiger partial charge in [-0.2, -0.15) is 0 Å². The van der Waals surface area contributed by atoms with E-state index in [0.29, 0.717) is 11.6 Å². The van der Waals surface area contributed by atoms with Crippen LogP contribution >= 0.6 is 0 Å². The quantitative estimate of drug-likeness (QED) is 0.728. The molecule has 6 nitrogen and oxygen atoms in total. The fourth-order valence-electron chi connectivity index (χ4n) is 3.39. The molecule has 1 fully saturated rings. The Labute approximate surface area is 152 Å². The van der Waals surface area contributed by atoms with Crippen molar-refractivity contribution in [2.75, 3.05) is 13.1 Å². The molecule has 1 amide bonds. The number of hydrogen-bond donors (Lipinski definition) is 0. The van der Waals surface area contributed by atoms with Gasteiger partial charge in [-0.3, -0.25) is 9.78 Å². The Morgan fingerprint density at radius 1 is 1.04 bits per heavy atom. The van der Waals surface area contributed by atoms with Gasteiger partial charge in [0.15, 0.2) is 0 Å². The van der Waals surface area contributed by atoms with Gasteiger partial charge in [0.2, 0.25) is 0 Å². The molecular formula is C20H21N5O. The highest BCUT2D eigenvalue weighted by molar-refractivity contribution is 5.94. The maximum atomic E-state index is 12.5. The molecule has 3 heterocycles. The molecule has 1 aliphatic heterocycles. The van der Waals surface area contributed by atoms with Gasteiger partial charge in [-0.05, 0) is 30.5 Å². The van der Waals surface area contributed by atoms with E-state index in [1.165, 1.54) is 5.56 Å². The molecule has 4 rings (SSSR count). The number of piperidine rings is 1. The Morgan fingerprint density at radius 3 is 2.50 bits per heavy atom. The monoisotopic (exact) mass is 347 g/mol. The van der Waals surface area contributed by atoms with Crippen molar-refractivity contribution in [2.24, 2.45) is 0 Å². The molecule has 3 aromatic rings. The van der Waals surface area contributed by atoms with Crippen LogP contribution in [0.3, 0.4) is 0 Å². The van der Waals surface area contributed by atoms with Crippen LogP contribution in [0, 0.1) is 0 Å². The predicted molar refractivity (Wildman–Crippen MR) is 97.7 cm³/mol. The first kappa shape index (κ1) is 16.4. The summed E-state index contributed by atoms with van der Waals surface area (Å²) in [6.07, 6.45) is 7.93. The Hall–Kier alpha value is -3.02. The average molecular weight is 347 g/mol. The molecule has 0 radical (unpaired) electrons. The zero-order valence-corrected chi connectivity index (χ0v) is 14.5. The number of aromatic nitrogens is 4. The zero-order chi connectivity index (χ0) is 17.8. The summed E-state index contributed by atoms with van der Waals surface area (Å²) in [5.41, 5.74) is 2.91. The molecule has 0 saturated carbocycles. The Kier molecular flexibility index (Phi) is 4.73. The number of pyridine rings is 1. The highest BCUT2D eigenvalue weighted by Gasteiger charge is 2.25. The lowest BCUT2D eigenvalue weighted by atomic mass is 10.0. The van der Waals surface area contributed by atoms with E-state index in [9.17, 15) is 4.79 Å². The molecule has 26 heavy (non-hydrogen) atoms. The van der Waals surface area contributed by atoms with E-state index in [2.05, 4.69) is 27.4 Å². The van der Waals surface area contributed by atoms with Crippen molar-refractivity contribution in [1.29, 1.82) is 0 Å². The predicted octanol–water partition coefficient (Wildman–Crippen LogP) is 2.74. The van der Waals surface area contributed by atoms with E-state index in [1.807, 2.05) is 34.0 Å². The number of likely N-dealkylation sites (tertiary alicyclic amines) is 1. The van der Waals surface area contributed by atoms with Crippen LogP contribution in [0.5, 0.6) is 0 Å². The Morgan fingerprint density at radius 2 is 1.77 bits per heavy atom. The van der Waals surface area contributed by atoms with Crippen LogP contribution < -0.4 is 0 Å². The van der Waals surface area contributed by atoms with Crippen LogP contribution in [0.15, 0.2) is 61.1 Å². The number of carbonyl (C=O) groups excluding carboxylic acids is 1. The third kappa shape index (κ3) is 3.64. The number of nitrogens with zero attached hydrogens (tertiary/aromatic N) is 5. The fraction of sp³-hybridized carbons (Fsp3) is 0.300. The second-order valence-electron chi connectivity index (χ2n) is 6.61. The van der Waals surface area contributed by atoms with Crippen molar-refractivity contribution < 1.29 is 4.79 Å². The molecule has 6 heteroatoms. The van der Waals surface area contributed by atoms with Crippen LogP contribution in [0.1, 0.15) is 40.5 Å². The molecule has 132 valence electrons. The standard InChI is InChI=1S/C20H21N5O/c26-20(17-6-10-21-11-7-17)24-12-8-19(9-13-24)25-15-18(22-23-25)14-16-4-2-1-3-5-16/h1-7,10-11,15,19H,8-9,12-14H2. The van der Waals surface area contributed by atoms with E-state index in [1.54, 1.807) is 24.5 Å². The molecule has 0 bridgehead atoms. The summed E-state index contributed by atoms with van der Waals surface area (Å²) in [7, 11) is 0. The van der Waals surface area contributed by atoms with Crippen molar-refractivity contribution in [3.63, 3.8) is 0 Å². The smallest absolute Gasteiger partial charge is 0.253 e. The van der Waals surface area contributed by atoms with Gasteiger partial charge in [0, 0.05) is 43.7 Å². The van der Waals surface area contributed by atoms with Crippen LogP contribution in [0.4, 0.5) is 0 Å².